The van der Waals surface area contributed by atoms with Crippen LogP contribution in [0.25, 0.3) is 33.9 Å². The van der Waals surface area contributed by atoms with Crippen molar-refractivity contribution in [2.24, 2.45) is 0 Å². The summed E-state index contributed by atoms with van der Waals surface area (Å²) < 4.78 is 27.7. The average Bonchev–Trinajstić information content (AvgIpc) is 3.70. The normalized spacial score (nSPS) is 11.2. The van der Waals surface area contributed by atoms with Crippen LogP contribution in [0.5, 0.6) is 0 Å². The smallest absolute Gasteiger partial charge is 0.302 e. The maximum Gasteiger partial charge on any atom is 0.302 e. The lowest BCUT2D eigenvalue weighted by Gasteiger charge is -2.18. The number of hydrogen-bond donors (Lipinski definition) is 0. The molecule has 0 fully saturated rings. The van der Waals surface area contributed by atoms with E-state index in [4.69, 9.17) is 22.1 Å². The van der Waals surface area contributed by atoms with Crippen LogP contribution >= 0.6 is 0 Å². The first kappa shape index (κ1) is 19.6. The molecule has 10 nitrogen and oxygen atoms in total. The molecule has 34 heavy (non-hydrogen) atoms. The summed E-state index contributed by atoms with van der Waals surface area (Å²) >= 11 is 0. The third-order valence-electron chi connectivity index (χ3n) is 5.06. The summed E-state index contributed by atoms with van der Waals surface area (Å²) in [4.78, 5) is 36.3. The number of nitrogens with zero attached hydrogens (tertiary/aromatic N) is 3. The van der Waals surface area contributed by atoms with Gasteiger partial charge in [-0.2, -0.15) is 0 Å². The molecule has 0 N–H and O–H groups in total. The largest absolute Gasteiger partial charge is 0.464 e. The van der Waals surface area contributed by atoms with Crippen molar-refractivity contribution in [3.05, 3.63) is 91.4 Å². The minimum atomic E-state index is -0.752. The molecule has 0 saturated heterocycles. The quantitative estimate of drug-likeness (QED) is 0.313. The van der Waals surface area contributed by atoms with Crippen molar-refractivity contribution in [2.45, 2.75) is 0 Å². The Bertz CT molecular complexity index is 1530. The molecule has 2 amide bonds. The summed E-state index contributed by atoms with van der Waals surface area (Å²) in [6.07, 6.45) is 6.84. The van der Waals surface area contributed by atoms with E-state index in [1.54, 1.807) is 36.4 Å². The van der Waals surface area contributed by atoms with Gasteiger partial charge < -0.3 is 22.1 Å². The second-order valence-electron chi connectivity index (χ2n) is 7.04. The fourth-order valence-corrected chi connectivity index (χ4v) is 3.63. The Hall–Kier alpha value is -5.12. The van der Waals surface area contributed by atoms with E-state index in [1.807, 2.05) is 0 Å². The van der Waals surface area contributed by atoms with Crippen molar-refractivity contribution in [3.63, 3.8) is 0 Å². The predicted octanol–water partition coefficient (Wildman–Crippen LogP) is 5.42. The van der Waals surface area contributed by atoms with Gasteiger partial charge in [0, 0.05) is 0 Å². The Balaban J connectivity index is 1.65. The molecule has 0 atom stereocenters. The van der Waals surface area contributed by atoms with Gasteiger partial charge >= 0.3 is 11.8 Å². The van der Waals surface area contributed by atoms with E-state index in [1.165, 1.54) is 43.5 Å². The van der Waals surface area contributed by atoms with E-state index >= 15 is 0 Å². The molecular formula is C24H13N3O7. The fourth-order valence-electron chi connectivity index (χ4n) is 3.63. The Morgan fingerprint density at radius 3 is 1.85 bits per heavy atom. The lowest BCUT2D eigenvalue weighted by atomic mass is 10.1. The van der Waals surface area contributed by atoms with Crippen LogP contribution in [0.1, 0.15) is 21.1 Å². The van der Waals surface area contributed by atoms with Gasteiger partial charge in [-0.15, -0.1) is 0 Å². The van der Waals surface area contributed by atoms with Crippen LogP contribution in [-0.2, 0) is 0 Å². The van der Waals surface area contributed by atoms with E-state index in [-0.39, 0.29) is 28.4 Å². The molecule has 0 aliphatic carbocycles. The zero-order valence-corrected chi connectivity index (χ0v) is 17.2. The first-order valence-electron chi connectivity index (χ1n) is 10.0. The molecular weight excluding hydrogens is 442 g/mol. The lowest BCUT2D eigenvalue weighted by molar-refractivity contribution is 0.0866. The third-order valence-corrected chi connectivity index (χ3v) is 5.06. The van der Waals surface area contributed by atoms with Crippen molar-refractivity contribution in [2.75, 3.05) is 4.90 Å². The molecule has 0 radical (unpaired) electrons. The topological polar surface area (TPSA) is 129 Å². The van der Waals surface area contributed by atoms with E-state index in [0.717, 1.165) is 4.90 Å². The Morgan fingerprint density at radius 2 is 1.29 bits per heavy atom. The zero-order chi connectivity index (χ0) is 23.1. The maximum atomic E-state index is 13.5. The van der Waals surface area contributed by atoms with Gasteiger partial charge in [-0.1, -0.05) is 0 Å². The average molecular weight is 455 g/mol. The molecule has 6 heterocycles. The highest BCUT2D eigenvalue weighted by Crippen LogP contribution is 2.44. The Morgan fingerprint density at radius 1 is 0.706 bits per heavy atom. The number of imide groups is 1. The molecule has 6 rings (SSSR count). The summed E-state index contributed by atoms with van der Waals surface area (Å²) in [5.74, 6) is -0.584. The summed E-state index contributed by atoms with van der Waals surface area (Å²) in [5, 5.41) is 0.267. The predicted molar refractivity (Wildman–Crippen MR) is 116 cm³/mol. The highest BCUT2D eigenvalue weighted by molar-refractivity contribution is 6.27. The minimum Gasteiger partial charge on any atom is -0.464 e. The second-order valence-corrected chi connectivity index (χ2v) is 7.04. The standard InChI is InChI=1S/C24H13N3O7/c28-23(16-7-3-11-32-16)27(24(29)17-8-4-12-33-17)21-19-18(14-5-1-9-30-14)20(15-6-2-10-31-15)34-22(19)26-13-25-21/h1-13H. The van der Waals surface area contributed by atoms with Gasteiger partial charge in [0.1, 0.15) is 12.1 Å². The van der Waals surface area contributed by atoms with E-state index in [2.05, 4.69) is 9.97 Å². The van der Waals surface area contributed by atoms with Crippen LogP contribution in [0.15, 0.2) is 102 Å². The van der Waals surface area contributed by atoms with Crippen molar-refractivity contribution in [3.8, 4) is 22.8 Å². The van der Waals surface area contributed by atoms with Crippen molar-refractivity contribution < 1.29 is 31.7 Å². The van der Waals surface area contributed by atoms with Gasteiger partial charge in [0.05, 0.1) is 36.0 Å². The molecule has 6 aromatic heterocycles. The summed E-state index contributed by atoms with van der Waals surface area (Å²) in [5.41, 5.74) is 0.530. The summed E-state index contributed by atoms with van der Waals surface area (Å²) in [6.45, 7) is 0. The molecule has 0 aliphatic rings. The molecule has 0 aromatic carbocycles. The number of aromatic nitrogens is 2. The maximum absolute atomic E-state index is 13.5. The third kappa shape index (κ3) is 3.05. The number of rotatable bonds is 5. The van der Waals surface area contributed by atoms with Crippen molar-refractivity contribution >= 4 is 28.7 Å². The molecule has 0 bridgehead atoms. The molecule has 0 unspecified atom stereocenters. The summed E-state index contributed by atoms with van der Waals surface area (Å²) in [6, 6.07) is 12.8. The van der Waals surface area contributed by atoms with Crippen LogP contribution in [-0.4, -0.2) is 21.8 Å². The van der Waals surface area contributed by atoms with Gasteiger partial charge in [0.25, 0.3) is 0 Å². The van der Waals surface area contributed by atoms with Crippen LogP contribution in [0.2, 0.25) is 0 Å². The van der Waals surface area contributed by atoms with Gasteiger partial charge in [0.2, 0.25) is 5.71 Å². The number of carbonyl (C=O) groups excluding carboxylic acids is 2. The number of anilines is 1. The number of fused-ring (bicyclic) bond motifs is 1. The number of amides is 2. The molecule has 0 aliphatic heterocycles. The summed E-state index contributed by atoms with van der Waals surface area (Å²) in [7, 11) is 0. The number of furan rings is 5. The van der Waals surface area contributed by atoms with Crippen LogP contribution in [0, 0.1) is 0 Å². The first-order chi connectivity index (χ1) is 16.7. The Kier molecular flexibility index (Phi) is 4.48. The lowest BCUT2D eigenvalue weighted by Crippen LogP contribution is -2.37. The highest BCUT2D eigenvalue weighted by atomic mass is 16.4. The SMILES string of the molecule is O=C(c1ccco1)N(C(=O)c1ccco1)c1ncnc2oc(-c3ccco3)c(-c3ccco3)c12. The van der Waals surface area contributed by atoms with Crippen molar-refractivity contribution in [1.82, 2.24) is 9.97 Å². The molecule has 10 heteroatoms. The minimum absolute atomic E-state index is 0.0410. The zero-order valence-electron chi connectivity index (χ0n) is 17.2. The molecule has 0 saturated carbocycles. The number of hydrogen-bond acceptors (Lipinski definition) is 9. The van der Waals surface area contributed by atoms with Crippen LogP contribution < -0.4 is 4.90 Å². The van der Waals surface area contributed by atoms with E-state index in [9.17, 15) is 9.59 Å². The molecule has 6 aromatic rings. The highest BCUT2D eigenvalue weighted by Gasteiger charge is 2.35. The first-order valence-corrected chi connectivity index (χ1v) is 10.0. The number of carbonyl (C=O) groups is 2. The molecule has 166 valence electrons. The van der Waals surface area contributed by atoms with Crippen molar-refractivity contribution in [1.29, 1.82) is 0 Å². The van der Waals surface area contributed by atoms with Crippen LogP contribution in [0.3, 0.4) is 0 Å². The second kappa shape index (κ2) is 7.78. The van der Waals surface area contributed by atoms with Gasteiger partial charge in [-0.3, -0.25) is 9.59 Å². The van der Waals surface area contributed by atoms with E-state index < -0.39 is 11.8 Å². The van der Waals surface area contributed by atoms with Gasteiger partial charge in [-0.05, 0) is 48.5 Å². The van der Waals surface area contributed by atoms with Gasteiger partial charge in [-0.25, -0.2) is 14.9 Å². The monoisotopic (exact) mass is 455 g/mol. The molecule has 0 spiro atoms. The van der Waals surface area contributed by atoms with E-state index in [0.29, 0.717) is 22.8 Å². The van der Waals surface area contributed by atoms with Crippen LogP contribution in [0.4, 0.5) is 5.82 Å². The Labute approximate surface area is 190 Å². The van der Waals surface area contributed by atoms with Gasteiger partial charge in [0.15, 0.2) is 28.9 Å². The fraction of sp³-hybridized carbons (Fsp3) is 0.